The highest BCUT2D eigenvalue weighted by molar-refractivity contribution is 7.15. The van der Waals surface area contributed by atoms with Gasteiger partial charge in [-0.3, -0.25) is 4.79 Å². The summed E-state index contributed by atoms with van der Waals surface area (Å²) in [6.07, 6.45) is 1.01. The molecule has 118 valence electrons. The van der Waals surface area contributed by atoms with E-state index in [2.05, 4.69) is 15.5 Å². The summed E-state index contributed by atoms with van der Waals surface area (Å²) >= 11 is 7.37. The smallest absolute Gasteiger partial charge is 0.260 e. The van der Waals surface area contributed by atoms with Gasteiger partial charge in [0.05, 0.1) is 5.56 Å². The van der Waals surface area contributed by atoms with Crippen LogP contribution in [-0.4, -0.2) is 16.0 Å². The van der Waals surface area contributed by atoms with Crippen molar-refractivity contribution < 1.29 is 9.32 Å². The zero-order valence-electron chi connectivity index (χ0n) is 12.4. The number of hydrogen-bond acceptors (Lipinski definition) is 5. The molecular formula is C16H14ClN3O2S. The van der Waals surface area contributed by atoms with Gasteiger partial charge >= 0.3 is 0 Å². The molecule has 3 rings (SSSR count). The van der Waals surface area contributed by atoms with Crippen LogP contribution in [0.2, 0.25) is 5.02 Å². The zero-order chi connectivity index (χ0) is 16.2. The van der Waals surface area contributed by atoms with Crippen LogP contribution in [0.1, 0.15) is 17.8 Å². The number of carbonyl (C=O) groups is 1. The summed E-state index contributed by atoms with van der Waals surface area (Å²) in [5.74, 6) is 0.906. The number of anilines is 1. The van der Waals surface area contributed by atoms with Crippen molar-refractivity contribution in [2.75, 3.05) is 5.32 Å². The second-order valence-corrected chi connectivity index (χ2v) is 6.34. The number of halogens is 1. The fourth-order valence-electron chi connectivity index (χ4n) is 2.12. The number of hydrogen-bond donors (Lipinski definition) is 1. The Morgan fingerprint density at radius 3 is 3.00 bits per heavy atom. The molecule has 0 saturated carbocycles. The van der Waals surface area contributed by atoms with E-state index in [1.54, 1.807) is 6.92 Å². The van der Waals surface area contributed by atoms with Gasteiger partial charge in [0.1, 0.15) is 5.00 Å². The molecule has 0 radical (unpaired) electrons. The maximum atomic E-state index is 12.2. The van der Waals surface area contributed by atoms with Crippen molar-refractivity contribution in [2.45, 2.75) is 19.8 Å². The third-order valence-electron chi connectivity index (χ3n) is 3.21. The van der Waals surface area contributed by atoms with Crippen molar-refractivity contribution in [1.29, 1.82) is 0 Å². The third-order valence-corrected chi connectivity index (χ3v) is 4.27. The molecule has 0 spiro atoms. The van der Waals surface area contributed by atoms with E-state index in [-0.39, 0.29) is 5.91 Å². The summed E-state index contributed by atoms with van der Waals surface area (Å²) in [5, 5.41) is 9.94. The maximum absolute atomic E-state index is 12.2. The Balaban J connectivity index is 1.64. The van der Waals surface area contributed by atoms with Crippen molar-refractivity contribution in [2.24, 2.45) is 0 Å². The second-order valence-electron chi connectivity index (χ2n) is 4.99. The molecule has 1 aromatic carbocycles. The molecule has 0 atom stereocenters. The number of nitrogens with one attached hydrogen (secondary N) is 1. The lowest BCUT2D eigenvalue weighted by Crippen LogP contribution is -2.12. The molecule has 5 nitrogen and oxygen atoms in total. The Hall–Kier alpha value is -2.18. The van der Waals surface area contributed by atoms with Gasteiger partial charge in [-0.1, -0.05) is 28.9 Å². The predicted octanol–water partition coefficient (Wildman–Crippen LogP) is 4.33. The molecular weight excluding hydrogens is 334 g/mol. The lowest BCUT2D eigenvalue weighted by molar-refractivity contribution is -0.116. The van der Waals surface area contributed by atoms with Gasteiger partial charge in [0, 0.05) is 11.4 Å². The fourth-order valence-corrected chi connectivity index (χ4v) is 3.13. The average molecular weight is 348 g/mol. The molecule has 3 aromatic rings. The minimum absolute atomic E-state index is 0.0649. The molecule has 0 aliphatic rings. The molecule has 0 aliphatic carbocycles. The van der Waals surface area contributed by atoms with Gasteiger partial charge in [-0.25, -0.2) is 0 Å². The average Bonchev–Trinajstić information content (AvgIpc) is 3.14. The van der Waals surface area contributed by atoms with Crippen molar-refractivity contribution in [3.05, 3.63) is 52.1 Å². The van der Waals surface area contributed by atoms with Crippen LogP contribution in [0.15, 0.2) is 40.2 Å². The number of thiophene rings is 1. The number of nitrogens with zero attached hydrogens (tertiary/aromatic N) is 2. The highest BCUT2D eigenvalue weighted by atomic mass is 35.5. The minimum Gasteiger partial charge on any atom is -0.334 e. The van der Waals surface area contributed by atoms with Gasteiger partial charge in [0.15, 0.2) is 5.82 Å². The monoisotopic (exact) mass is 347 g/mol. The molecule has 2 heterocycles. The first-order valence-corrected chi connectivity index (χ1v) is 8.30. The molecule has 0 unspecified atom stereocenters. The van der Waals surface area contributed by atoms with Gasteiger partial charge in [-0.05, 0) is 42.5 Å². The van der Waals surface area contributed by atoms with Gasteiger partial charge in [-0.15, -0.1) is 11.3 Å². The third kappa shape index (κ3) is 3.97. The topological polar surface area (TPSA) is 68.0 Å². The van der Waals surface area contributed by atoms with Crippen LogP contribution in [0.5, 0.6) is 0 Å². The summed E-state index contributed by atoms with van der Waals surface area (Å²) in [4.78, 5) is 16.3. The highest BCUT2D eigenvalue weighted by Gasteiger charge is 2.15. The quantitative estimate of drug-likeness (QED) is 0.745. The number of carbonyl (C=O) groups excluding carboxylic acids is 1. The lowest BCUT2D eigenvalue weighted by atomic mass is 10.1. The van der Waals surface area contributed by atoms with Crippen molar-refractivity contribution in [1.82, 2.24) is 10.1 Å². The minimum atomic E-state index is -0.0649. The largest absolute Gasteiger partial charge is 0.334 e. The van der Waals surface area contributed by atoms with Crippen molar-refractivity contribution in [3.8, 4) is 11.5 Å². The fraction of sp³-hybridized carbons (Fsp3) is 0.188. The standard InChI is InChI=1S/C16H14ClN3O2S/c1-10-18-15(22-20-10)13-7-8-23-16(13)19-14(21)6-5-11-3-2-4-12(17)9-11/h2-4,7-9H,5-6H2,1H3,(H,19,21). The number of benzene rings is 1. The molecule has 2 aromatic heterocycles. The van der Waals surface area contributed by atoms with E-state index < -0.39 is 0 Å². The summed E-state index contributed by atoms with van der Waals surface area (Å²) < 4.78 is 5.15. The number of amides is 1. The zero-order valence-corrected chi connectivity index (χ0v) is 13.9. The molecule has 1 N–H and O–H groups in total. The van der Waals surface area contributed by atoms with E-state index in [9.17, 15) is 4.79 Å². The van der Waals surface area contributed by atoms with Crippen molar-refractivity contribution in [3.63, 3.8) is 0 Å². The Morgan fingerprint density at radius 1 is 1.39 bits per heavy atom. The Morgan fingerprint density at radius 2 is 2.26 bits per heavy atom. The summed E-state index contributed by atoms with van der Waals surface area (Å²) in [6, 6.07) is 9.37. The van der Waals surface area contributed by atoms with E-state index in [0.29, 0.717) is 34.6 Å². The maximum Gasteiger partial charge on any atom is 0.260 e. The lowest BCUT2D eigenvalue weighted by Gasteiger charge is -2.05. The van der Waals surface area contributed by atoms with Gasteiger partial charge in [0.25, 0.3) is 5.89 Å². The van der Waals surface area contributed by atoms with Crippen LogP contribution >= 0.6 is 22.9 Å². The number of aryl methyl sites for hydroxylation is 2. The molecule has 0 fully saturated rings. The van der Waals surface area contributed by atoms with Gasteiger partial charge in [-0.2, -0.15) is 4.98 Å². The van der Waals surface area contributed by atoms with E-state index >= 15 is 0 Å². The Labute approximate surface area is 142 Å². The predicted molar refractivity (Wildman–Crippen MR) is 90.8 cm³/mol. The molecule has 0 bridgehead atoms. The van der Waals surface area contributed by atoms with Gasteiger partial charge < -0.3 is 9.84 Å². The van der Waals surface area contributed by atoms with Crippen LogP contribution in [0.4, 0.5) is 5.00 Å². The van der Waals surface area contributed by atoms with Crippen LogP contribution in [-0.2, 0) is 11.2 Å². The SMILES string of the molecule is Cc1noc(-c2ccsc2NC(=O)CCc2cccc(Cl)c2)n1. The first-order chi connectivity index (χ1) is 11.1. The van der Waals surface area contributed by atoms with Crippen LogP contribution in [0.25, 0.3) is 11.5 Å². The molecule has 7 heteroatoms. The van der Waals surface area contributed by atoms with Gasteiger partial charge in [0.2, 0.25) is 5.91 Å². The summed E-state index contributed by atoms with van der Waals surface area (Å²) in [6.45, 7) is 1.75. The highest BCUT2D eigenvalue weighted by Crippen LogP contribution is 2.32. The number of rotatable bonds is 5. The molecule has 0 saturated heterocycles. The molecule has 23 heavy (non-hydrogen) atoms. The molecule has 0 aliphatic heterocycles. The first-order valence-electron chi connectivity index (χ1n) is 7.04. The van der Waals surface area contributed by atoms with Crippen LogP contribution < -0.4 is 5.32 Å². The normalized spacial score (nSPS) is 10.7. The number of aromatic nitrogens is 2. The summed E-state index contributed by atoms with van der Waals surface area (Å²) in [7, 11) is 0. The molecule has 1 amide bonds. The Bertz CT molecular complexity index is 828. The van der Waals surface area contributed by atoms with E-state index in [4.69, 9.17) is 16.1 Å². The van der Waals surface area contributed by atoms with E-state index in [0.717, 1.165) is 11.1 Å². The summed E-state index contributed by atoms with van der Waals surface area (Å²) in [5.41, 5.74) is 1.78. The Kier molecular flexibility index (Phi) is 4.73. The van der Waals surface area contributed by atoms with E-state index in [1.807, 2.05) is 35.7 Å². The van der Waals surface area contributed by atoms with Crippen LogP contribution in [0.3, 0.4) is 0 Å². The first kappa shape index (κ1) is 15.7. The van der Waals surface area contributed by atoms with E-state index in [1.165, 1.54) is 11.3 Å². The second kappa shape index (κ2) is 6.93. The van der Waals surface area contributed by atoms with Crippen LogP contribution in [0, 0.1) is 6.92 Å². The van der Waals surface area contributed by atoms with Crippen molar-refractivity contribution >= 4 is 33.8 Å².